The van der Waals surface area contributed by atoms with Gasteiger partial charge in [-0.05, 0) is 83.2 Å². The first-order chi connectivity index (χ1) is 15.1. The summed E-state index contributed by atoms with van der Waals surface area (Å²) in [5.41, 5.74) is 6.71. The van der Waals surface area contributed by atoms with Crippen LogP contribution in [0.5, 0.6) is 11.5 Å². The molecule has 2 aromatic rings. The van der Waals surface area contributed by atoms with Crippen molar-refractivity contribution in [1.82, 2.24) is 0 Å². The molecule has 0 fully saturated rings. The highest BCUT2D eigenvalue weighted by Crippen LogP contribution is 2.43. The molecule has 0 atom stereocenters. The molecular weight excluding hydrogens is 432 g/mol. The van der Waals surface area contributed by atoms with Gasteiger partial charge < -0.3 is 13.9 Å². The number of methoxy groups -OCH3 is 1. The van der Waals surface area contributed by atoms with Gasteiger partial charge in [-0.2, -0.15) is 0 Å². The van der Waals surface area contributed by atoms with Crippen LogP contribution < -0.4 is 9.16 Å². The van der Waals surface area contributed by atoms with E-state index >= 15 is 0 Å². The monoisotopic (exact) mass is 474 g/mol. The van der Waals surface area contributed by atoms with E-state index in [0.29, 0.717) is 16.6 Å². The van der Waals surface area contributed by atoms with E-state index in [1.54, 1.807) is 18.9 Å². The third kappa shape index (κ3) is 5.92. The molecule has 0 aliphatic rings. The summed E-state index contributed by atoms with van der Waals surface area (Å²) >= 11 is 1.72. The number of hydrogen-bond donors (Lipinski definition) is 0. The Morgan fingerprint density at radius 1 is 0.875 bits per heavy atom. The molecule has 0 aromatic heterocycles. The summed E-state index contributed by atoms with van der Waals surface area (Å²) in [4.78, 5) is 1.19. The van der Waals surface area contributed by atoms with E-state index in [1.807, 2.05) is 0 Å². The predicted octanol–water partition coefficient (Wildman–Crippen LogP) is 8.15. The molecule has 32 heavy (non-hydrogen) atoms. The smallest absolute Gasteiger partial charge is 0.258 e. The number of ether oxygens (including phenoxy) is 2. The fraction of sp³-hybridized carbons (Fsp3) is 0.556. The van der Waals surface area contributed by atoms with Crippen molar-refractivity contribution in [2.75, 3.05) is 20.2 Å². The van der Waals surface area contributed by atoms with Gasteiger partial charge in [-0.3, -0.25) is 0 Å². The maximum Gasteiger partial charge on any atom is 0.258 e. The molecule has 2 aromatic carbocycles. The minimum atomic E-state index is -1.98. The van der Waals surface area contributed by atoms with Gasteiger partial charge in [0.15, 0.2) is 6.79 Å². The molecule has 5 heteroatoms. The summed E-state index contributed by atoms with van der Waals surface area (Å²) in [6.07, 6.45) is 2.91. The van der Waals surface area contributed by atoms with Crippen molar-refractivity contribution in [2.24, 2.45) is 0 Å². The molecule has 0 bridgehead atoms. The second kappa shape index (κ2) is 11.6. The largest absolute Gasteiger partial charge is 0.543 e. The summed E-state index contributed by atoms with van der Waals surface area (Å²) < 4.78 is 18.0. The zero-order valence-corrected chi connectivity index (χ0v) is 23.5. The van der Waals surface area contributed by atoms with Gasteiger partial charge in [0, 0.05) is 18.4 Å². The molecular formula is C27H42O3SSi. The second-order valence-electron chi connectivity index (χ2n) is 9.66. The highest BCUT2D eigenvalue weighted by Gasteiger charge is 2.47. The highest BCUT2D eigenvalue weighted by molar-refractivity contribution is 7.98. The maximum atomic E-state index is 6.96. The molecule has 0 saturated heterocycles. The first-order valence-electron chi connectivity index (χ1n) is 11.6. The summed E-state index contributed by atoms with van der Waals surface area (Å²) in [6, 6.07) is 10.9. The first kappa shape index (κ1) is 26.8. The Bertz CT molecular complexity index is 848. The van der Waals surface area contributed by atoms with Crippen LogP contribution in [0.1, 0.15) is 63.8 Å². The van der Waals surface area contributed by atoms with Crippen molar-refractivity contribution < 1.29 is 13.9 Å². The quantitative estimate of drug-likeness (QED) is 0.186. The van der Waals surface area contributed by atoms with E-state index in [4.69, 9.17) is 13.9 Å². The van der Waals surface area contributed by atoms with Crippen LogP contribution in [0.3, 0.4) is 0 Å². The van der Waals surface area contributed by atoms with Gasteiger partial charge in [0.2, 0.25) is 0 Å². The van der Waals surface area contributed by atoms with Gasteiger partial charge >= 0.3 is 0 Å². The van der Waals surface area contributed by atoms with Crippen LogP contribution in [0.2, 0.25) is 16.6 Å². The predicted molar refractivity (Wildman–Crippen MR) is 141 cm³/mol. The Kier molecular flexibility index (Phi) is 9.74. The molecule has 0 radical (unpaired) electrons. The second-order valence-corrected chi connectivity index (χ2v) is 15.9. The highest BCUT2D eigenvalue weighted by atomic mass is 32.2. The van der Waals surface area contributed by atoms with E-state index in [9.17, 15) is 0 Å². The fourth-order valence-electron chi connectivity index (χ4n) is 5.10. The number of rotatable bonds is 11. The summed E-state index contributed by atoms with van der Waals surface area (Å²) in [7, 11) is -0.324. The summed E-state index contributed by atoms with van der Waals surface area (Å²) in [6.45, 7) is 18.7. The molecule has 0 unspecified atom stereocenters. The van der Waals surface area contributed by atoms with E-state index in [1.165, 1.54) is 27.1 Å². The molecule has 0 amide bonds. The van der Waals surface area contributed by atoms with Crippen molar-refractivity contribution in [3.05, 3.63) is 52.6 Å². The fourth-order valence-corrected chi connectivity index (χ4v) is 10.8. The van der Waals surface area contributed by atoms with Crippen LogP contribution in [0, 0.1) is 13.8 Å². The lowest BCUT2D eigenvalue weighted by atomic mass is 9.95. The summed E-state index contributed by atoms with van der Waals surface area (Å²) in [5.74, 6) is 1.92. The Hall–Kier alpha value is -1.43. The molecule has 0 N–H and O–H groups in total. The lowest BCUT2D eigenvalue weighted by Crippen LogP contribution is -2.50. The molecule has 178 valence electrons. The molecule has 0 aliphatic carbocycles. The van der Waals surface area contributed by atoms with Gasteiger partial charge in [-0.1, -0.05) is 47.6 Å². The Morgan fingerprint density at radius 3 is 1.91 bits per heavy atom. The number of aryl methyl sites for hydroxylation is 2. The zero-order chi connectivity index (χ0) is 24.1. The average molecular weight is 475 g/mol. The van der Waals surface area contributed by atoms with Gasteiger partial charge in [0.1, 0.15) is 11.5 Å². The lowest BCUT2D eigenvalue weighted by Gasteiger charge is -2.42. The van der Waals surface area contributed by atoms with E-state index < -0.39 is 8.32 Å². The van der Waals surface area contributed by atoms with Gasteiger partial charge in [-0.25, -0.2) is 0 Å². The van der Waals surface area contributed by atoms with Crippen molar-refractivity contribution >= 4 is 20.1 Å². The zero-order valence-electron chi connectivity index (χ0n) is 21.7. The van der Waals surface area contributed by atoms with E-state index in [2.05, 4.69) is 92.0 Å². The molecule has 0 spiro atoms. The van der Waals surface area contributed by atoms with E-state index in [0.717, 1.165) is 17.9 Å². The number of benzene rings is 2. The normalized spacial score (nSPS) is 12.2. The SMILES string of the molecule is COCOc1cc(SC)ccc1Cc1c(C)cc(O[Si](C(C)C)(C(C)C)C(C)C)cc1C. The average Bonchev–Trinajstić information content (AvgIpc) is 2.72. The van der Waals surface area contributed by atoms with Crippen molar-refractivity contribution in [3.63, 3.8) is 0 Å². The van der Waals surface area contributed by atoms with Crippen LogP contribution in [0.4, 0.5) is 0 Å². The van der Waals surface area contributed by atoms with E-state index in [-0.39, 0.29) is 6.79 Å². The molecule has 0 heterocycles. The Labute approximate surface area is 201 Å². The minimum absolute atomic E-state index is 0.252. The molecule has 3 nitrogen and oxygen atoms in total. The number of hydrogen-bond acceptors (Lipinski definition) is 4. The lowest BCUT2D eigenvalue weighted by molar-refractivity contribution is 0.0503. The maximum absolute atomic E-state index is 6.96. The van der Waals surface area contributed by atoms with Crippen LogP contribution in [0.25, 0.3) is 0 Å². The van der Waals surface area contributed by atoms with Crippen LogP contribution in [0.15, 0.2) is 35.2 Å². The van der Waals surface area contributed by atoms with Gasteiger partial charge in [0.05, 0.1) is 0 Å². The van der Waals surface area contributed by atoms with Gasteiger partial charge in [-0.15, -0.1) is 11.8 Å². The Balaban J connectivity index is 2.40. The number of thioether (sulfide) groups is 1. The molecule has 0 aliphatic heterocycles. The van der Waals surface area contributed by atoms with Crippen LogP contribution in [-0.4, -0.2) is 28.5 Å². The van der Waals surface area contributed by atoms with Crippen LogP contribution >= 0.6 is 11.8 Å². The molecule has 0 saturated carbocycles. The van der Waals surface area contributed by atoms with Crippen molar-refractivity contribution in [1.29, 1.82) is 0 Å². The third-order valence-electron chi connectivity index (χ3n) is 6.65. The Morgan fingerprint density at radius 2 is 1.44 bits per heavy atom. The van der Waals surface area contributed by atoms with Gasteiger partial charge in [0.25, 0.3) is 8.32 Å². The van der Waals surface area contributed by atoms with Crippen molar-refractivity contribution in [2.45, 2.75) is 83.3 Å². The molecule has 2 rings (SSSR count). The summed E-state index contributed by atoms with van der Waals surface area (Å²) in [5, 5.41) is 0. The minimum Gasteiger partial charge on any atom is -0.543 e. The topological polar surface area (TPSA) is 27.7 Å². The van der Waals surface area contributed by atoms with Crippen LogP contribution in [-0.2, 0) is 11.2 Å². The third-order valence-corrected chi connectivity index (χ3v) is 13.4. The standard InChI is InChI=1S/C27H42O3SSi/c1-18(2)32(19(3)4,20(5)6)30-24-13-21(7)26(22(8)14-24)15-23-11-12-25(31-10)16-27(23)29-17-28-9/h11-14,16,18-20H,15,17H2,1-10H3. The first-order valence-corrected chi connectivity index (χ1v) is 15.0. The van der Waals surface area contributed by atoms with Crippen molar-refractivity contribution in [3.8, 4) is 11.5 Å².